The van der Waals surface area contributed by atoms with Crippen LogP contribution in [0.1, 0.15) is 37.0 Å². The number of aliphatic carboxylic acids is 1. The lowest BCUT2D eigenvalue weighted by atomic mass is 10.2. The van der Waals surface area contributed by atoms with Crippen molar-refractivity contribution in [2.45, 2.75) is 32.7 Å². The van der Waals surface area contributed by atoms with Gasteiger partial charge in [-0.25, -0.2) is 0 Å². The normalized spacial score (nSPS) is 11.4. The minimum atomic E-state index is -1.08. The maximum Gasteiger partial charge on any atom is 0.325 e. The molecule has 0 spiro atoms. The van der Waals surface area contributed by atoms with Crippen LogP contribution < -0.4 is 15.4 Å². The molecule has 0 aliphatic rings. The summed E-state index contributed by atoms with van der Waals surface area (Å²) in [5, 5.41) is 13.8. The highest BCUT2D eigenvalue weighted by molar-refractivity contribution is 5.96. The Balaban J connectivity index is 2.37. The molecular weight excluding hydrogens is 300 g/mol. The molecule has 7 heteroatoms. The van der Waals surface area contributed by atoms with E-state index in [1.807, 2.05) is 6.92 Å². The fourth-order valence-electron chi connectivity index (χ4n) is 1.86. The number of carboxylic acids is 1. The summed E-state index contributed by atoms with van der Waals surface area (Å²) < 4.78 is 5.39. The second-order valence-corrected chi connectivity index (χ2v) is 4.92. The SMILES string of the molecule is CCOc1ccccc1C(=O)NCCCC(=O)NC(C)C(=O)O. The molecule has 0 aromatic heterocycles. The third-order valence-electron chi connectivity index (χ3n) is 3.05. The van der Waals surface area contributed by atoms with E-state index < -0.39 is 12.0 Å². The number of amides is 2. The van der Waals surface area contributed by atoms with Crippen LogP contribution in [0.2, 0.25) is 0 Å². The molecule has 3 N–H and O–H groups in total. The number of nitrogens with one attached hydrogen (secondary N) is 2. The Bertz CT molecular complexity index is 559. The van der Waals surface area contributed by atoms with E-state index in [2.05, 4.69) is 10.6 Å². The van der Waals surface area contributed by atoms with Crippen molar-refractivity contribution in [3.05, 3.63) is 29.8 Å². The summed E-state index contributed by atoms with van der Waals surface area (Å²) in [6, 6.07) is 6.00. The van der Waals surface area contributed by atoms with Gasteiger partial charge in [0.15, 0.2) is 0 Å². The zero-order valence-electron chi connectivity index (χ0n) is 13.3. The zero-order chi connectivity index (χ0) is 17.2. The van der Waals surface area contributed by atoms with Gasteiger partial charge in [0.1, 0.15) is 11.8 Å². The first kappa shape index (κ1) is 18.5. The highest BCUT2D eigenvalue weighted by Gasteiger charge is 2.14. The number of rotatable bonds is 9. The highest BCUT2D eigenvalue weighted by Crippen LogP contribution is 2.17. The molecule has 0 heterocycles. The summed E-state index contributed by atoms with van der Waals surface area (Å²) in [7, 11) is 0. The summed E-state index contributed by atoms with van der Waals surface area (Å²) in [4.78, 5) is 34.2. The van der Waals surface area contributed by atoms with Crippen molar-refractivity contribution in [2.75, 3.05) is 13.2 Å². The molecule has 0 saturated heterocycles. The van der Waals surface area contributed by atoms with Gasteiger partial charge in [0.2, 0.25) is 5.91 Å². The van der Waals surface area contributed by atoms with Gasteiger partial charge in [-0.05, 0) is 32.4 Å². The molecule has 0 aliphatic heterocycles. The monoisotopic (exact) mass is 322 g/mol. The third-order valence-corrected chi connectivity index (χ3v) is 3.05. The predicted octanol–water partition coefficient (Wildman–Crippen LogP) is 1.18. The first-order valence-electron chi connectivity index (χ1n) is 7.48. The number of hydrogen-bond donors (Lipinski definition) is 3. The summed E-state index contributed by atoms with van der Waals surface area (Å²) in [6.45, 7) is 4.01. The van der Waals surface area contributed by atoms with Gasteiger partial charge in [0.05, 0.1) is 12.2 Å². The molecule has 0 bridgehead atoms. The van der Waals surface area contributed by atoms with Gasteiger partial charge in [-0.1, -0.05) is 12.1 Å². The Morgan fingerprint density at radius 1 is 1.26 bits per heavy atom. The van der Waals surface area contributed by atoms with E-state index >= 15 is 0 Å². The number of benzene rings is 1. The number of carboxylic acid groups (broad SMARTS) is 1. The van der Waals surface area contributed by atoms with Crippen molar-refractivity contribution >= 4 is 17.8 Å². The van der Waals surface area contributed by atoms with E-state index in [0.29, 0.717) is 30.9 Å². The largest absolute Gasteiger partial charge is 0.493 e. The number of para-hydroxylation sites is 1. The smallest absolute Gasteiger partial charge is 0.325 e. The molecular formula is C16H22N2O5. The second kappa shape index (κ2) is 9.45. The molecule has 126 valence electrons. The van der Waals surface area contributed by atoms with Crippen LogP contribution >= 0.6 is 0 Å². The lowest BCUT2D eigenvalue weighted by Gasteiger charge is -2.11. The Hall–Kier alpha value is -2.57. The van der Waals surface area contributed by atoms with Crippen molar-refractivity contribution in [3.63, 3.8) is 0 Å². The maximum absolute atomic E-state index is 12.1. The van der Waals surface area contributed by atoms with Crippen molar-refractivity contribution in [2.24, 2.45) is 0 Å². The highest BCUT2D eigenvalue weighted by atomic mass is 16.5. The van der Waals surface area contributed by atoms with Crippen molar-refractivity contribution in [1.82, 2.24) is 10.6 Å². The molecule has 1 atom stereocenters. The van der Waals surface area contributed by atoms with Crippen LogP contribution in [-0.2, 0) is 9.59 Å². The Morgan fingerprint density at radius 2 is 1.96 bits per heavy atom. The third kappa shape index (κ3) is 6.37. The Labute approximate surface area is 135 Å². The first-order chi connectivity index (χ1) is 11.0. The van der Waals surface area contributed by atoms with E-state index in [1.54, 1.807) is 24.3 Å². The molecule has 2 amide bonds. The maximum atomic E-state index is 12.1. The van der Waals surface area contributed by atoms with Crippen LogP contribution in [0.4, 0.5) is 0 Å². The van der Waals surface area contributed by atoms with Crippen LogP contribution in [-0.4, -0.2) is 42.1 Å². The van der Waals surface area contributed by atoms with Crippen LogP contribution in [0, 0.1) is 0 Å². The van der Waals surface area contributed by atoms with Gasteiger partial charge in [-0.3, -0.25) is 14.4 Å². The van der Waals surface area contributed by atoms with Gasteiger partial charge in [-0.2, -0.15) is 0 Å². The standard InChI is InChI=1S/C16H22N2O5/c1-3-23-13-8-5-4-7-12(13)15(20)17-10-6-9-14(19)18-11(2)16(21)22/h4-5,7-8,11H,3,6,9-10H2,1-2H3,(H,17,20)(H,18,19)(H,21,22). The number of carbonyl (C=O) groups is 3. The van der Waals surface area contributed by atoms with Crippen molar-refractivity contribution < 1.29 is 24.2 Å². The van der Waals surface area contributed by atoms with Gasteiger partial charge >= 0.3 is 5.97 Å². The van der Waals surface area contributed by atoms with Crippen LogP contribution in [0.25, 0.3) is 0 Å². The number of hydrogen-bond acceptors (Lipinski definition) is 4. The quantitative estimate of drug-likeness (QED) is 0.592. The minimum absolute atomic E-state index is 0.144. The second-order valence-electron chi connectivity index (χ2n) is 4.92. The molecule has 0 aliphatic carbocycles. The lowest BCUT2D eigenvalue weighted by Crippen LogP contribution is -2.38. The zero-order valence-corrected chi connectivity index (χ0v) is 13.3. The average molecular weight is 322 g/mol. The van der Waals surface area contributed by atoms with Crippen molar-refractivity contribution in [1.29, 1.82) is 0 Å². The topological polar surface area (TPSA) is 105 Å². The molecule has 7 nitrogen and oxygen atoms in total. The van der Waals surface area contributed by atoms with Gasteiger partial charge in [0.25, 0.3) is 5.91 Å². The van der Waals surface area contributed by atoms with Crippen molar-refractivity contribution in [3.8, 4) is 5.75 Å². The number of ether oxygens (including phenoxy) is 1. The summed E-state index contributed by atoms with van der Waals surface area (Å²) >= 11 is 0. The molecule has 1 rings (SSSR count). The fraction of sp³-hybridized carbons (Fsp3) is 0.438. The first-order valence-corrected chi connectivity index (χ1v) is 7.48. The molecule has 1 aromatic rings. The van der Waals surface area contributed by atoms with Crippen LogP contribution in [0.3, 0.4) is 0 Å². The van der Waals surface area contributed by atoms with E-state index in [-0.39, 0.29) is 18.2 Å². The summed E-state index contributed by atoms with van der Waals surface area (Å²) in [5.74, 6) is -1.20. The van der Waals surface area contributed by atoms with Gasteiger partial charge in [0, 0.05) is 13.0 Å². The predicted molar refractivity (Wildman–Crippen MR) is 84.4 cm³/mol. The molecule has 1 aromatic carbocycles. The molecule has 23 heavy (non-hydrogen) atoms. The number of carbonyl (C=O) groups excluding carboxylic acids is 2. The van der Waals surface area contributed by atoms with E-state index in [0.717, 1.165) is 0 Å². The molecule has 0 saturated carbocycles. The molecule has 0 radical (unpaired) electrons. The Morgan fingerprint density at radius 3 is 2.61 bits per heavy atom. The summed E-state index contributed by atoms with van der Waals surface area (Å²) in [6.07, 6.45) is 0.561. The van der Waals surface area contributed by atoms with Gasteiger partial charge in [-0.15, -0.1) is 0 Å². The minimum Gasteiger partial charge on any atom is -0.493 e. The van der Waals surface area contributed by atoms with Crippen LogP contribution in [0.5, 0.6) is 5.75 Å². The van der Waals surface area contributed by atoms with Crippen LogP contribution in [0.15, 0.2) is 24.3 Å². The van der Waals surface area contributed by atoms with Gasteiger partial charge < -0.3 is 20.5 Å². The van der Waals surface area contributed by atoms with E-state index in [1.165, 1.54) is 6.92 Å². The summed E-state index contributed by atoms with van der Waals surface area (Å²) in [5.41, 5.74) is 0.443. The van der Waals surface area contributed by atoms with E-state index in [4.69, 9.17) is 9.84 Å². The molecule has 0 fully saturated rings. The fourth-order valence-corrected chi connectivity index (χ4v) is 1.86. The van der Waals surface area contributed by atoms with E-state index in [9.17, 15) is 14.4 Å². The Kier molecular flexibility index (Phi) is 7.59. The molecule has 1 unspecified atom stereocenters. The average Bonchev–Trinajstić information content (AvgIpc) is 2.52. The lowest BCUT2D eigenvalue weighted by molar-refractivity contribution is -0.141.